The van der Waals surface area contributed by atoms with E-state index in [0.29, 0.717) is 19.7 Å². The van der Waals surface area contributed by atoms with Crippen molar-refractivity contribution in [3.8, 4) is 5.69 Å². The number of nitrogens with one attached hydrogen (secondary N) is 1. The lowest BCUT2D eigenvalue weighted by atomic mass is 10.3. The van der Waals surface area contributed by atoms with Crippen LogP contribution in [0, 0.1) is 3.95 Å². The second kappa shape index (κ2) is 5.09. The molecule has 18 heavy (non-hydrogen) atoms. The molecule has 94 valence electrons. The van der Waals surface area contributed by atoms with Gasteiger partial charge in [0, 0.05) is 17.8 Å². The first-order valence-electron chi connectivity index (χ1n) is 5.04. The van der Waals surface area contributed by atoms with Gasteiger partial charge in [0.15, 0.2) is 3.95 Å². The number of amides is 1. The lowest BCUT2D eigenvalue weighted by Crippen LogP contribution is -2.18. The predicted octanol–water partition coefficient (Wildman–Crippen LogP) is 2.86. The van der Waals surface area contributed by atoms with Crippen LogP contribution in [0.1, 0.15) is 9.67 Å². The van der Waals surface area contributed by atoms with Gasteiger partial charge < -0.3 is 11.1 Å². The highest BCUT2D eigenvalue weighted by Crippen LogP contribution is 2.26. The Morgan fingerprint density at radius 2 is 2.06 bits per heavy atom. The average Bonchev–Trinajstić information content (AvgIpc) is 2.65. The SMILES string of the molecule is CNC(=O)c1sc(=S)n(-c2ccc(Cl)cc2)c1N. The number of carbonyl (C=O) groups excluding carboxylic acids is 1. The fourth-order valence-electron chi connectivity index (χ4n) is 1.50. The highest BCUT2D eigenvalue weighted by Gasteiger charge is 2.16. The van der Waals surface area contributed by atoms with E-state index in [0.717, 1.165) is 5.69 Å². The third-order valence-electron chi connectivity index (χ3n) is 2.36. The highest BCUT2D eigenvalue weighted by molar-refractivity contribution is 7.73. The molecule has 3 N–H and O–H groups in total. The number of rotatable bonds is 2. The number of aromatic nitrogens is 1. The van der Waals surface area contributed by atoms with E-state index in [1.54, 1.807) is 35.9 Å². The minimum atomic E-state index is -0.240. The minimum Gasteiger partial charge on any atom is -0.383 e. The molecule has 0 unspecified atom stereocenters. The zero-order valence-electron chi connectivity index (χ0n) is 9.44. The summed E-state index contributed by atoms with van der Waals surface area (Å²) >= 11 is 12.2. The molecule has 2 rings (SSSR count). The molecule has 1 heterocycles. The van der Waals surface area contributed by atoms with Crippen LogP contribution >= 0.6 is 35.2 Å². The maximum absolute atomic E-state index is 11.6. The van der Waals surface area contributed by atoms with Crippen molar-refractivity contribution in [2.24, 2.45) is 0 Å². The highest BCUT2D eigenvalue weighted by atomic mass is 35.5. The molecule has 0 aliphatic rings. The number of thiazole rings is 1. The van der Waals surface area contributed by atoms with Crippen molar-refractivity contribution in [3.63, 3.8) is 0 Å². The Bertz CT molecular complexity index is 645. The maximum Gasteiger partial charge on any atom is 0.264 e. The molecule has 0 aliphatic carbocycles. The van der Waals surface area contributed by atoms with Gasteiger partial charge in [-0.3, -0.25) is 9.36 Å². The summed E-state index contributed by atoms with van der Waals surface area (Å²) in [6.45, 7) is 0. The molecule has 1 aromatic carbocycles. The molecule has 0 bridgehead atoms. The van der Waals surface area contributed by atoms with Crippen molar-refractivity contribution >= 4 is 46.9 Å². The van der Waals surface area contributed by atoms with Gasteiger partial charge in [0.1, 0.15) is 10.7 Å². The zero-order valence-corrected chi connectivity index (χ0v) is 11.8. The zero-order chi connectivity index (χ0) is 13.3. The Labute approximate surface area is 118 Å². The molecular formula is C11H10ClN3OS2. The molecule has 4 nitrogen and oxygen atoms in total. The quantitative estimate of drug-likeness (QED) is 0.838. The summed E-state index contributed by atoms with van der Waals surface area (Å²) in [6, 6.07) is 7.09. The van der Waals surface area contributed by atoms with E-state index >= 15 is 0 Å². The normalized spacial score (nSPS) is 10.3. The van der Waals surface area contributed by atoms with Crippen molar-refractivity contribution in [3.05, 3.63) is 38.1 Å². The van der Waals surface area contributed by atoms with Gasteiger partial charge in [-0.2, -0.15) is 0 Å². The topological polar surface area (TPSA) is 60.0 Å². The van der Waals surface area contributed by atoms with Gasteiger partial charge in [0.25, 0.3) is 5.91 Å². The average molecular weight is 300 g/mol. The molecular weight excluding hydrogens is 290 g/mol. The Balaban J connectivity index is 2.59. The number of hydrogen-bond acceptors (Lipinski definition) is 4. The van der Waals surface area contributed by atoms with Crippen LogP contribution < -0.4 is 11.1 Å². The third-order valence-corrected chi connectivity index (χ3v) is 4.00. The number of nitrogens with zero attached hydrogens (tertiary/aromatic N) is 1. The van der Waals surface area contributed by atoms with Gasteiger partial charge in [-0.15, -0.1) is 0 Å². The summed E-state index contributed by atoms with van der Waals surface area (Å²) in [7, 11) is 1.55. The van der Waals surface area contributed by atoms with Gasteiger partial charge in [0.05, 0.1) is 0 Å². The van der Waals surface area contributed by atoms with Crippen LogP contribution in [0.3, 0.4) is 0 Å². The Kier molecular flexibility index (Phi) is 3.70. The van der Waals surface area contributed by atoms with E-state index in [1.807, 2.05) is 0 Å². The molecule has 0 fully saturated rings. The molecule has 2 aromatic rings. The fourth-order valence-corrected chi connectivity index (χ4v) is 2.94. The first-order valence-corrected chi connectivity index (χ1v) is 6.64. The lowest BCUT2D eigenvalue weighted by Gasteiger charge is -2.06. The van der Waals surface area contributed by atoms with E-state index in [4.69, 9.17) is 29.6 Å². The van der Waals surface area contributed by atoms with Crippen LogP contribution in [-0.4, -0.2) is 17.5 Å². The third kappa shape index (κ3) is 2.27. The molecule has 0 atom stereocenters. The summed E-state index contributed by atoms with van der Waals surface area (Å²) in [6.07, 6.45) is 0. The van der Waals surface area contributed by atoms with Crippen molar-refractivity contribution in [2.45, 2.75) is 0 Å². The molecule has 1 aromatic heterocycles. The summed E-state index contributed by atoms with van der Waals surface area (Å²) in [5.41, 5.74) is 6.75. The maximum atomic E-state index is 11.6. The summed E-state index contributed by atoms with van der Waals surface area (Å²) in [4.78, 5) is 12.0. The van der Waals surface area contributed by atoms with E-state index in [1.165, 1.54) is 11.3 Å². The van der Waals surface area contributed by atoms with Crippen LogP contribution in [0.25, 0.3) is 5.69 Å². The number of hydrogen-bond donors (Lipinski definition) is 2. The van der Waals surface area contributed by atoms with Crippen molar-refractivity contribution < 1.29 is 4.79 Å². The second-order valence-electron chi connectivity index (χ2n) is 3.47. The van der Waals surface area contributed by atoms with E-state index in [-0.39, 0.29) is 5.91 Å². The Morgan fingerprint density at radius 3 is 2.61 bits per heavy atom. The smallest absolute Gasteiger partial charge is 0.264 e. The first kappa shape index (κ1) is 13.1. The number of benzene rings is 1. The standard InChI is InChI=1S/C11H10ClN3OS2/c1-14-10(16)8-9(13)15(11(17)18-8)7-4-2-6(12)3-5-7/h2-5H,13H2,1H3,(H,14,16). The minimum absolute atomic E-state index is 0.240. The molecule has 0 aliphatic heterocycles. The van der Waals surface area contributed by atoms with Gasteiger partial charge >= 0.3 is 0 Å². The van der Waals surface area contributed by atoms with Crippen LogP contribution in [0.15, 0.2) is 24.3 Å². The second-order valence-corrected chi connectivity index (χ2v) is 5.55. The van der Waals surface area contributed by atoms with Crippen LogP contribution in [-0.2, 0) is 0 Å². The summed E-state index contributed by atoms with van der Waals surface area (Å²) < 4.78 is 2.18. The molecule has 1 amide bonds. The Morgan fingerprint density at radius 1 is 1.44 bits per heavy atom. The van der Waals surface area contributed by atoms with Crippen LogP contribution in [0.2, 0.25) is 5.02 Å². The molecule has 7 heteroatoms. The molecule has 0 saturated heterocycles. The molecule has 0 saturated carbocycles. The van der Waals surface area contributed by atoms with Gasteiger partial charge in [-0.25, -0.2) is 0 Å². The first-order chi connectivity index (χ1) is 8.54. The number of carbonyl (C=O) groups is 1. The molecule has 0 radical (unpaired) electrons. The number of halogens is 1. The monoisotopic (exact) mass is 299 g/mol. The van der Waals surface area contributed by atoms with Gasteiger partial charge in [-0.1, -0.05) is 22.9 Å². The predicted molar refractivity (Wildman–Crippen MR) is 77.3 cm³/mol. The van der Waals surface area contributed by atoms with Gasteiger partial charge in [-0.05, 0) is 36.5 Å². The van der Waals surface area contributed by atoms with Crippen molar-refractivity contribution in [1.82, 2.24) is 9.88 Å². The molecule has 0 spiro atoms. The Hall–Kier alpha value is -1.37. The van der Waals surface area contributed by atoms with E-state index < -0.39 is 0 Å². The van der Waals surface area contributed by atoms with Crippen LogP contribution in [0.5, 0.6) is 0 Å². The largest absolute Gasteiger partial charge is 0.383 e. The summed E-state index contributed by atoms with van der Waals surface area (Å²) in [5.74, 6) is 0.1000. The number of nitrogens with two attached hydrogens (primary N) is 1. The van der Waals surface area contributed by atoms with Crippen molar-refractivity contribution in [2.75, 3.05) is 12.8 Å². The summed E-state index contributed by atoms with van der Waals surface area (Å²) in [5, 5.41) is 3.16. The lowest BCUT2D eigenvalue weighted by molar-refractivity contribution is 0.0967. The van der Waals surface area contributed by atoms with Gasteiger partial charge in [0.2, 0.25) is 0 Å². The van der Waals surface area contributed by atoms with Crippen molar-refractivity contribution in [1.29, 1.82) is 0 Å². The fraction of sp³-hybridized carbons (Fsp3) is 0.0909. The van der Waals surface area contributed by atoms with E-state index in [2.05, 4.69) is 5.32 Å². The van der Waals surface area contributed by atoms with Crippen LogP contribution in [0.4, 0.5) is 5.82 Å². The number of anilines is 1. The number of nitrogen functional groups attached to an aromatic ring is 1. The van der Waals surface area contributed by atoms with E-state index in [9.17, 15) is 4.79 Å².